The Morgan fingerprint density at radius 1 is 1.19 bits per heavy atom. The van der Waals surface area contributed by atoms with Crippen molar-refractivity contribution in [2.45, 2.75) is 24.6 Å². The van der Waals surface area contributed by atoms with Crippen molar-refractivity contribution in [3.05, 3.63) is 35.7 Å². The van der Waals surface area contributed by atoms with Crippen LogP contribution >= 0.6 is 0 Å². The van der Waals surface area contributed by atoms with Crippen molar-refractivity contribution < 1.29 is 42.9 Å². The van der Waals surface area contributed by atoms with Crippen LogP contribution in [-0.4, -0.2) is 61.5 Å². The van der Waals surface area contributed by atoms with E-state index in [2.05, 4.69) is 20.0 Å². The molecular formula is C14H14F3N3O6. The summed E-state index contributed by atoms with van der Waals surface area (Å²) in [6.07, 6.45) is -8.52. The summed E-state index contributed by atoms with van der Waals surface area (Å²) in [6.45, 7) is -0.819. The largest absolute Gasteiger partial charge is 0.471 e. The van der Waals surface area contributed by atoms with Crippen LogP contribution in [0.1, 0.15) is 16.2 Å². The van der Waals surface area contributed by atoms with Crippen molar-refractivity contribution in [3.63, 3.8) is 0 Å². The lowest BCUT2D eigenvalue weighted by molar-refractivity contribution is -0.159. The van der Waals surface area contributed by atoms with Crippen LogP contribution in [-0.2, 0) is 6.18 Å². The van der Waals surface area contributed by atoms with Crippen molar-refractivity contribution in [1.82, 2.24) is 15.5 Å². The molecule has 2 atom stereocenters. The van der Waals surface area contributed by atoms with Crippen molar-refractivity contribution in [1.29, 1.82) is 0 Å². The molecule has 1 aromatic carbocycles. The van der Waals surface area contributed by atoms with E-state index in [1.54, 1.807) is 0 Å². The van der Waals surface area contributed by atoms with Crippen LogP contribution in [0.4, 0.5) is 13.2 Å². The topological polar surface area (TPSA) is 149 Å². The number of amides is 1. The highest BCUT2D eigenvalue weighted by Gasteiger charge is 2.38. The Morgan fingerprint density at radius 3 is 2.27 bits per heavy atom. The summed E-state index contributed by atoms with van der Waals surface area (Å²) in [4.78, 5) is 15.2. The molecule has 0 fully saturated rings. The second-order valence-electron chi connectivity index (χ2n) is 5.16. The molecular weight excluding hydrogens is 363 g/mol. The van der Waals surface area contributed by atoms with E-state index in [1.165, 1.54) is 24.3 Å². The molecule has 1 amide bonds. The molecule has 9 nitrogen and oxygen atoms in total. The number of carbonyl (C=O) groups excluding carboxylic acids is 1. The van der Waals surface area contributed by atoms with Crippen molar-refractivity contribution in [3.8, 4) is 11.4 Å². The van der Waals surface area contributed by atoms with Gasteiger partial charge in [-0.1, -0.05) is 17.3 Å². The minimum Gasteiger partial charge on any atom is -0.394 e. The molecule has 0 aliphatic carbocycles. The van der Waals surface area contributed by atoms with Crippen LogP contribution in [0.15, 0.2) is 28.8 Å². The second-order valence-corrected chi connectivity index (χ2v) is 5.16. The van der Waals surface area contributed by atoms with E-state index in [0.29, 0.717) is 0 Å². The van der Waals surface area contributed by atoms with Crippen LogP contribution < -0.4 is 5.32 Å². The van der Waals surface area contributed by atoms with E-state index in [9.17, 15) is 23.1 Å². The molecule has 26 heavy (non-hydrogen) atoms. The number of rotatable bonds is 6. The van der Waals surface area contributed by atoms with E-state index in [-0.39, 0.29) is 17.0 Å². The number of nitrogens with one attached hydrogen (secondary N) is 1. The number of alkyl halides is 3. The summed E-state index contributed by atoms with van der Waals surface area (Å²) in [5.41, 5.74) is 0.152. The smallest absolute Gasteiger partial charge is 0.394 e. The highest BCUT2D eigenvalue weighted by atomic mass is 19.4. The van der Waals surface area contributed by atoms with Gasteiger partial charge in [-0.05, 0) is 12.1 Å². The highest BCUT2D eigenvalue weighted by molar-refractivity contribution is 5.94. The number of hydrogen-bond acceptors (Lipinski definition) is 8. The molecule has 0 saturated carbocycles. The molecule has 12 heteroatoms. The van der Waals surface area contributed by atoms with E-state index >= 15 is 0 Å². The predicted molar refractivity (Wildman–Crippen MR) is 77.3 cm³/mol. The Balaban J connectivity index is 2.13. The van der Waals surface area contributed by atoms with E-state index in [0.717, 1.165) is 0 Å². The standard InChI is InChI=1S/C14H14F3N3O6/c15-14(16,17)13-19-10(20-26-13)6-1-3-7(4-2-6)11(23)18-9(12(24)25)8(22)5-21/h1-4,8-9,12,21-22,24-25H,5H2,(H,18,23). The van der Waals surface area contributed by atoms with Crippen LogP contribution in [0.2, 0.25) is 0 Å². The van der Waals surface area contributed by atoms with E-state index < -0.39 is 43.0 Å². The first-order chi connectivity index (χ1) is 12.1. The Hall–Kier alpha value is -2.54. The first-order valence-electron chi connectivity index (χ1n) is 7.10. The minimum absolute atomic E-state index is 0.00378. The maximum Gasteiger partial charge on any atom is 0.471 e. The number of halogens is 3. The first kappa shape index (κ1) is 19.8. The highest BCUT2D eigenvalue weighted by Crippen LogP contribution is 2.29. The molecule has 0 spiro atoms. The first-order valence-corrected chi connectivity index (χ1v) is 7.10. The van der Waals surface area contributed by atoms with Gasteiger partial charge in [-0.15, -0.1) is 0 Å². The fourth-order valence-corrected chi connectivity index (χ4v) is 1.94. The normalized spacial score (nSPS) is 14.3. The summed E-state index contributed by atoms with van der Waals surface area (Å²) >= 11 is 0. The molecule has 142 valence electrons. The van der Waals surface area contributed by atoms with Gasteiger partial charge in [-0.25, -0.2) is 0 Å². The van der Waals surface area contributed by atoms with Crippen molar-refractivity contribution in [2.24, 2.45) is 0 Å². The van der Waals surface area contributed by atoms with Gasteiger partial charge in [0.05, 0.1) is 6.61 Å². The molecule has 1 aromatic heterocycles. The molecule has 5 N–H and O–H groups in total. The number of aliphatic hydroxyl groups is 4. The molecule has 0 saturated heterocycles. The average molecular weight is 377 g/mol. The number of carbonyl (C=O) groups is 1. The van der Waals surface area contributed by atoms with Gasteiger partial charge in [0.1, 0.15) is 12.1 Å². The molecule has 0 radical (unpaired) electrons. The van der Waals surface area contributed by atoms with Crippen LogP contribution in [0.5, 0.6) is 0 Å². The summed E-state index contributed by atoms with van der Waals surface area (Å²) in [5.74, 6) is -2.65. The van der Waals surface area contributed by atoms with Crippen molar-refractivity contribution in [2.75, 3.05) is 6.61 Å². The zero-order chi connectivity index (χ0) is 19.5. The Labute approximate surface area is 143 Å². The lowest BCUT2D eigenvalue weighted by Crippen LogP contribution is -2.52. The van der Waals surface area contributed by atoms with Crippen LogP contribution in [0.3, 0.4) is 0 Å². The zero-order valence-electron chi connectivity index (χ0n) is 12.9. The maximum atomic E-state index is 12.4. The van der Waals surface area contributed by atoms with Gasteiger partial charge in [0, 0.05) is 11.1 Å². The zero-order valence-corrected chi connectivity index (χ0v) is 12.9. The van der Waals surface area contributed by atoms with Gasteiger partial charge in [-0.2, -0.15) is 18.2 Å². The third kappa shape index (κ3) is 4.54. The van der Waals surface area contributed by atoms with Gasteiger partial charge >= 0.3 is 12.1 Å². The number of aromatic nitrogens is 2. The van der Waals surface area contributed by atoms with Gasteiger partial charge in [0.25, 0.3) is 5.91 Å². The summed E-state index contributed by atoms with van der Waals surface area (Å²) in [6, 6.07) is 3.42. The van der Waals surface area contributed by atoms with E-state index in [4.69, 9.17) is 15.3 Å². The number of nitrogens with zero attached hydrogens (tertiary/aromatic N) is 2. The van der Waals surface area contributed by atoms with Crippen molar-refractivity contribution >= 4 is 5.91 Å². The Kier molecular flexibility index (Phi) is 5.92. The lowest BCUT2D eigenvalue weighted by Gasteiger charge is -2.24. The summed E-state index contributed by atoms with van der Waals surface area (Å²) < 4.78 is 41.4. The monoisotopic (exact) mass is 377 g/mol. The molecule has 0 aliphatic heterocycles. The summed E-state index contributed by atoms with van der Waals surface area (Å²) in [7, 11) is 0. The van der Waals surface area contributed by atoms with Gasteiger partial charge in [0.2, 0.25) is 5.82 Å². The maximum absolute atomic E-state index is 12.4. The quantitative estimate of drug-likeness (QED) is 0.424. The molecule has 2 aromatic rings. The molecule has 2 rings (SSSR count). The fourth-order valence-electron chi connectivity index (χ4n) is 1.94. The number of benzene rings is 1. The van der Waals surface area contributed by atoms with Gasteiger partial charge in [-0.3, -0.25) is 4.79 Å². The SMILES string of the molecule is O=C(NC(C(O)O)C(O)CO)c1ccc(-c2noc(C(F)(F)F)n2)cc1. The van der Waals surface area contributed by atoms with Gasteiger partial charge < -0.3 is 30.3 Å². The minimum atomic E-state index is -4.78. The third-order valence-corrected chi connectivity index (χ3v) is 3.29. The molecule has 0 aliphatic rings. The number of hydrogen-bond donors (Lipinski definition) is 5. The summed E-state index contributed by atoms with van der Waals surface area (Å²) in [5, 5.41) is 41.8. The Morgan fingerprint density at radius 2 is 1.81 bits per heavy atom. The molecule has 1 heterocycles. The third-order valence-electron chi connectivity index (χ3n) is 3.29. The lowest BCUT2D eigenvalue weighted by atomic mass is 10.1. The fraction of sp³-hybridized carbons (Fsp3) is 0.357. The van der Waals surface area contributed by atoms with Gasteiger partial charge in [0.15, 0.2) is 6.29 Å². The molecule has 0 bridgehead atoms. The Bertz CT molecular complexity index is 747. The number of aliphatic hydroxyl groups excluding tert-OH is 3. The predicted octanol–water partition coefficient (Wildman–Crippen LogP) is -0.482. The van der Waals surface area contributed by atoms with Crippen LogP contribution in [0, 0.1) is 0 Å². The molecule has 2 unspecified atom stereocenters. The van der Waals surface area contributed by atoms with E-state index in [1.807, 2.05) is 0 Å². The van der Waals surface area contributed by atoms with Crippen LogP contribution in [0.25, 0.3) is 11.4 Å². The second kappa shape index (κ2) is 7.78. The average Bonchev–Trinajstić information content (AvgIpc) is 3.09.